The Hall–Kier alpha value is -1.00. The van der Waals surface area contributed by atoms with Crippen LogP contribution in [0.5, 0.6) is 0 Å². The van der Waals surface area contributed by atoms with Gasteiger partial charge in [-0.15, -0.1) is 0 Å². The molecule has 4 heteroatoms. The molecule has 4 nitrogen and oxygen atoms in total. The van der Waals surface area contributed by atoms with Crippen molar-refractivity contribution in [1.82, 2.24) is 15.3 Å². The SMILES string of the molecule is Cc1nc(CC2CCNC2)nc2c1COCC2. The standard InChI is InChI=1S/C13H19N3O/c1-9-11-8-17-5-3-12(11)16-13(15-9)6-10-2-4-14-7-10/h10,14H,2-8H2,1H3. The van der Waals surface area contributed by atoms with Crippen molar-refractivity contribution >= 4 is 0 Å². The number of nitrogens with one attached hydrogen (secondary N) is 1. The van der Waals surface area contributed by atoms with E-state index >= 15 is 0 Å². The Labute approximate surface area is 102 Å². The van der Waals surface area contributed by atoms with Gasteiger partial charge in [0.2, 0.25) is 0 Å². The fraction of sp³-hybridized carbons (Fsp3) is 0.692. The normalized spacial score (nSPS) is 23.7. The minimum atomic E-state index is 0.687. The van der Waals surface area contributed by atoms with Crippen LogP contribution in [0.4, 0.5) is 0 Å². The highest BCUT2D eigenvalue weighted by Crippen LogP contribution is 2.20. The number of aromatic nitrogens is 2. The van der Waals surface area contributed by atoms with Crippen LogP contribution in [0.1, 0.15) is 29.2 Å². The van der Waals surface area contributed by atoms with E-state index in [0.29, 0.717) is 12.5 Å². The van der Waals surface area contributed by atoms with Gasteiger partial charge in [-0.2, -0.15) is 0 Å². The second-order valence-corrected chi connectivity index (χ2v) is 5.02. The van der Waals surface area contributed by atoms with Crippen LogP contribution in [0.15, 0.2) is 0 Å². The van der Waals surface area contributed by atoms with E-state index in [4.69, 9.17) is 9.72 Å². The van der Waals surface area contributed by atoms with E-state index in [-0.39, 0.29) is 0 Å². The molecule has 3 rings (SSSR count). The van der Waals surface area contributed by atoms with E-state index in [1.54, 1.807) is 0 Å². The van der Waals surface area contributed by atoms with Crippen molar-refractivity contribution < 1.29 is 4.74 Å². The van der Waals surface area contributed by atoms with Gasteiger partial charge in [0.1, 0.15) is 5.82 Å². The van der Waals surface area contributed by atoms with Gasteiger partial charge in [-0.25, -0.2) is 9.97 Å². The molecule has 1 fully saturated rings. The predicted molar refractivity (Wildman–Crippen MR) is 64.8 cm³/mol. The molecule has 92 valence electrons. The van der Waals surface area contributed by atoms with E-state index in [1.807, 2.05) is 0 Å². The van der Waals surface area contributed by atoms with Crippen molar-refractivity contribution in [1.29, 1.82) is 0 Å². The Balaban J connectivity index is 1.82. The number of ether oxygens (including phenoxy) is 1. The fourth-order valence-electron chi connectivity index (χ4n) is 2.69. The Morgan fingerprint density at radius 2 is 2.35 bits per heavy atom. The maximum atomic E-state index is 5.46. The first-order valence-corrected chi connectivity index (χ1v) is 6.46. The molecule has 17 heavy (non-hydrogen) atoms. The molecule has 1 aromatic heterocycles. The number of hydrogen-bond acceptors (Lipinski definition) is 4. The molecule has 3 heterocycles. The summed E-state index contributed by atoms with van der Waals surface area (Å²) < 4.78 is 5.46. The van der Waals surface area contributed by atoms with E-state index < -0.39 is 0 Å². The monoisotopic (exact) mass is 233 g/mol. The van der Waals surface area contributed by atoms with Crippen LogP contribution in [0.2, 0.25) is 0 Å². The molecule has 0 aliphatic carbocycles. The maximum absolute atomic E-state index is 5.46. The van der Waals surface area contributed by atoms with Crippen LogP contribution in [0.3, 0.4) is 0 Å². The largest absolute Gasteiger partial charge is 0.376 e. The van der Waals surface area contributed by atoms with Gasteiger partial charge in [0, 0.05) is 24.1 Å². The Morgan fingerprint density at radius 3 is 3.18 bits per heavy atom. The second kappa shape index (κ2) is 4.70. The van der Waals surface area contributed by atoms with Gasteiger partial charge < -0.3 is 10.1 Å². The number of aryl methyl sites for hydroxylation is 1. The summed E-state index contributed by atoms with van der Waals surface area (Å²) in [6, 6.07) is 0. The molecule has 0 radical (unpaired) electrons. The molecule has 0 amide bonds. The first-order chi connectivity index (χ1) is 8.33. The minimum absolute atomic E-state index is 0.687. The summed E-state index contributed by atoms with van der Waals surface area (Å²) in [5, 5.41) is 3.39. The lowest BCUT2D eigenvalue weighted by molar-refractivity contribution is 0.108. The number of fused-ring (bicyclic) bond motifs is 1. The first-order valence-electron chi connectivity index (χ1n) is 6.46. The topological polar surface area (TPSA) is 47.0 Å². The highest BCUT2D eigenvalue weighted by atomic mass is 16.5. The van der Waals surface area contributed by atoms with Crippen molar-refractivity contribution in [2.24, 2.45) is 5.92 Å². The molecule has 2 aliphatic rings. The number of rotatable bonds is 2. The molecular weight excluding hydrogens is 214 g/mol. The zero-order valence-corrected chi connectivity index (χ0v) is 10.3. The molecule has 0 aromatic carbocycles. The third kappa shape index (κ3) is 2.33. The van der Waals surface area contributed by atoms with Crippen LogP contribution >= 0.6 is 0 Å². The van der Waals surface area contributed by atoms with E-state index in [9.17, 15) is 0 Å². The number of nitrogens with zero attached hydrogens (tertiary/aromatic N) is 2. The third-order valence-corrected chi connectivity index (χ3v) is 3.71. The Kier molecular flexibility index (Phi) is 3.07. The van der Waals surface area contributed by atoms with Crippen molar-refractivity contribution in [3.63, 3.8) is 0 Å². The molecule has 1 aromatic rings. The lowest BCUT2D eigenvalue weighted by atomic mass is 10.0. The summed E-state index contributed by atoms with van der Waals surface area (Å²) in [5.74, 6) is 1.74. The van der Waals surface area contributed by atoms with E-state index in [2.05, 4.69) is 17.2 Å². The Bertz CT molecular complexity index is 413. The fourth-order valence-corrected chi connectivity index (χ4v) is 2.69. The van der Waals surface area contributed by atoms with Crippen molar-refractivity contribution in [3.8, 4) is 0 Å². The summed E-state index contributed by atoms with van der Waals surface area (Å²) in [7, 11) is 0. The zero-order chi connectivity index (χ0) is 11.7. The van der Waals surface area contributed by atoms with Crippen molar-refractivity contribution in [2.75, 3.05) is 19.7 Å². The molecule has 1 unspecified atom stereocenters. The zero-order valence-electron chi connectivity index (χ0n) is 10.3. The first kappa shape index (κ1) is 11.1. The maximum Gasteiger partial charge on any atom is 0.129 e. The highest BCUT2D eigenvalue weighted by molar-refractivity contribution is 5.26. The molecule has 0 saturated carbocycles. The predicted octanol–water partition coefficient (Wildman–Crippen LogP) is 1.01. The van der Waals surface area contributed by atoms with Crippen LogP contribution in [0.25, 0.3) is 0 Å². The number of hydrogen-bond donors (Lipinski definition) is 1. The molecular formula is C13H19N3O. The van der Waals surface area contributed by atoms with Gasteiger partial charge in [-0.1, -0.05) is 0 Å². The lowest BCUT2D eigenvalue weighted by Gasteiger charge is -2.18. The van der Waals surface area contributed by atoms with Crippen LogP contribution in [0, 0.1) is 12.8 Å². The summed E-state index contributed by atoms with van der Waals surface area (Å²) in [6.07, 6.45) is 3.21. The van der Waals surface area contributed by atoms with Crippen LogP contribution < -0.4 is 5.32 Å². The average molecular weight is 233 g/mol. The smallest absolute Gasteiger partial charge is 0.129 e. The van der Waals surface area contributed by atoms with Crippen LogP contribution in [-0.2, 0) is 24.2 Å². The molecule has 2 aliphatic heterocycles. The molecule has 1 N–H and O–H groups in total. The van der Waals surface area contributed by atoms with Crippen molar-refractivity contribution in [3.05, 3.63) is 22.8 Å². The summed E-state index contributed by atoms with van der Waals surface area (Å²) in [6.45, 7) is 5.82. The van der Waals surface area contributed by atoms with E-state index in [1.165, 1.54) is 17.7 Å². The summed E-state index contributed by atoms with van der Waals surface area (Å²) in [4.78, 5) is 9.35. The van der Waals surface area contributed by atoms with Gasteiger partial charge in [-0.3, -0.25) is 0 Å². The lowest BCUT2D eigenvalue weighted by Crippen LogP contribution is -2.18. The van der Waals surface area contributed by atoms with Gasteiger partial charge >= 0.3 is 0 Å². The summed E-state index contributed by atoms with van der Waals surface area (Å²) >= 11 is 0. The summed E-state index contributed by atoms with van der Waals surface area (Å²) in [5.41, 5.74) is 3.53. The van der Waals surface area contributed by atoms with Crippen LogP contribution in [-0.4, -0.2) is 29.7 Å². The molecule has 0 bridgehead atoms. The van der Waals surface area contributed by atoms with Gasteiger partial charge in [0.25, 0.3) is 0 Å². The molecule has 0 spiro atoms. The highest BCUT2D eigenvalue weighted by Gasteiger charge is 2.19. The second-order valence-electron chi connectivity index (χ2n) is 5.02. The third-order valence-electron chi connectivity index (χ3n) is 3.71. The average Bonchev–Trinajstić information content (AvgIpc) is 2.82. The molecule has 1 atom stereocenters. The molecule has 1 saturated heterocycles. The van der Waals surface area contributed by atoms with E-state index in [0.717, 1.165) is 44.1 Å². The van der Waals surface area contributed by atoms with Crippen molar-refractivity contribution in [2.45, 2.75) is 32.8 Å². The van der Waals surface area contributed by atoms with Gasteiger partial charge in [-0.05, 0) is 32.4 Å². The van der Waals surface area contributed by atoms with Gasteiger partial charge in [0.15, 0.2) is 0 Å². The Morgan fingerprint density at radius 1 is 1.41 bits per heavy atom. The minimum Gasteiger partial charge on any atom is -0.376 e. The quantitative estimate of drug-likeness (QED) is 0.828. The van der Waals surface area contributed by atoms with Gasteiger partial charge in [0.05, 0.1) is 18.9 Å².